The quantitative estimate of drug-likeness (QED) is 0.718. The molecule has 4 rings (SSSR count). The minimum Gasteiger partial charge on any atom is -0.497 e. The van der Waals surface area contributed by atoms with Crippen LogP contribution in [-0.4, -0.2) is 40.3 Å². The zero-order chi connectivity index (χ0) is 19.5. The van der Waals surface area contributed by atoms with Crippen molar-refractivity contribution in [3.05, 3.63) is 66.4 Å². The van der Waals surface area contributed by atoms with Gasteiger partial charge >= 0.3 is 0 Å². The van der Waals surface area contributed by atoms with Crippen LogP contribution in [0.4, 0.5) is 0 Å². The first kappa shape index (κ1) is 18.3. The van der Waals surface area contributed by atoms with Crippen LogP contribution in [0.15, 0.2) is 60.8 Å². The fourth-order valence-electron chi connectivity index (χ4n) is 3.81. The number of carbonyl (C=O) groups is 1. The van der Waals surface area contributed by atoms with E-state index in [1.165, 1.54) is 0 Å². The van der Waals surface area contributed by atoms with Crippen molar-refractivity contribution >= 4 is 5.91 Å². The molecule has 0 saturated carbocycles. The lowest BCUT2D eigenvalue weighted by atomic mass is 10.1. The third-order valence-electron chi connectivity index (χ3n) is 5.22. The summed E-state index contributed by atoms with van der Waals surface area (Å²) in [6.45, 7) is 1.49. The highest BCUT2D eigenvalue weighted by Gasteiger charge is 2.30. The van der Waals surface area contributed by atoms with E-state index < -0.39 is 0 Å². The van der Waals surface area contributed by atoms with E-state index in [9.17, 15) is 4.79 Å². The van der Waals surface area contributed by atoms with Crippen LogP contribution in [0.3, 0.4) is 0 Å². The van der Waals surface area contributed by atoms with Crippen LogP contribution < -0.4 is 10.5 Å². The summed E-state index contributed by atoms with van der Waals surface area (Å²) in [6, 6.07) is 17.7. The van der Waals surface area contributed by atoms with Crippen molar-refractivity contribution < 1.29 is 9.53 Å². The van der Waals surface area contributed by atoms with Crippen molar-refractivity contribution in [2.45, 2.75) is 25.4 Å². The number of primary amides is 1. The summed E-state index contributed by atoms with van der Waals surface area (Å²) in [6.07, 6.45) is 3.84. The Morgan fingerprint density at radius 3 is 2.79 bits per heavy atom. The molecule has 1 saturated heterocycles. The van der Waals surface area contributed by atoms with Crippen LogP contribution in [0.25, 0.3) is 16.9 Å². The SMILES string of the molecule is COc1cccc(-c2nn(-c3ccccc3)cc2CN2CCC[C@H]2C(N)=O)c1. The number of benzene rings is 2. The molecule has 6 nitrogen and oxygen atoms in total. The molecule has 2 N–H and O–H groups in total. The summed E-state index contributed by atoms with van der Waals surface area (Å²) in [5, 5.41) is 4.86. The Hall–Kier alpha value is -3.12. The Balaban J connectivity index is 1.74. The van der Waals surface area contributed by atoms with Crippen LogP contribution >= 0.6 is 0 Å². The summed E-state index contributed by atoms with van der Waals surface area (Å²) >= 11 is 0. The fourth-order valence-corrected chi connectivity index (χ4v) is 3.81. The maximum Gasteiger partial charge on any atom is 0.234 e. The Bertz CT molecular complexity index is 968. The highest BCUT2D eigenvalue weighted by molar-refractivity contribution is 5.80. The number of aromatic nitrogens is 2. The van der Waals surface area contributed by atoms with E-state index in [2.05, 4.69) is 4.90 Å². The minimum absolute atomic E-state index is 0.210. The number of nitrogens with two attached hydrogens (primary N) is 1. The van der Waals surface area contributed by atoms with Crippen LogP contribution in [-0.2, 0) is 11.3 Å². The number of para-hydroxylation sites is 1. The zero-order valence-corrected chi connectivity index (χ0v) is 15.9. The molecule has 0 unspecified atom stereocenters. The molecular formula is C22H24N4O2. The number of amides is 1. The van der Waals surface area contributed by atoms with Gasteiger partial charge in [-0.05, 0) is 43.7 Å². The van der Waals surface area contributed by atoms with Gasteiger partial charge in [0.05, 0.1) is 24.5 Å². The van der Waals surface area contributed by atoms with E-state index in [1.807, 2.05) is 65.5 Å². The zero-order valence-electron chi connectivity index (χ0n) is 15.9. The second-order valence-electron chi connectivity index (χ2n) is 7.05. The molecule has 1 amide bonds. The summed E-state index contributed by atoms with van der Waals surface area (Å²) in [7, 11) is 1.66. The fraction of sp³-hybridized carbons (Fsp3) is 0.273. The Labute approximate surface area is 164 Å². The lowest BCUT2D eigenvalue weighted by Gasteiger charge is -2.21. The molecule has 1 aliphatic heterocycles. The Kier molecular flexibility index (Phi) is 5.12. The van der Waals surface area contributed by atoms with Gasteiger partial charge in [0.25, 0.3) is 0 Å². The average Bonchev–Trinajstić information content (AvgIpc) is 3.36. The Morgan fingerprint density at radius 1 is 1.21 bits per heavy atom. The molecule has 6 heteroatoms. The second-order valence-corrected chi connectivity index (χ2v) is 7.05. The first-order chi connectivity index (χ1) is 13.7. The third-order valence-corrected chi connectivity index (χ3v) is 5.22. The van der Waals surface area contributed by atoms with Gasteiger partial charge in [0.2, 0.25) is 5.91 Å². The summed E-state index contributed by atoms with van der Waals surface area (Å²) in [5.74, 6) is 0.532. The number of hydrogen-bond acceptors (Lipinski definition) is 4. The molecule has 1 fully saturated rings. The van der Waals surface area contributed by atoms with Crippen molar-refractivity contribution in [3.63, 3.8) is 0 Å². The molecule has 2 heterocycles. The topological polar surface area (TPSA) is 73.4 Å². The second kappa shape index (κ2) is 7.86. The number of hydrogen-bond donors (Lipinski definition) is 1. The lowest BCUT2D eigenvalue weighted by Crippen LogP contribution is -2.39. The van der Waals surface area contributed by atoms with Gasteiger partial charge < -0.3 is 10.5 Å². The van der Waals surface area contributed by atoms with Gasteiger partial charge in [-0.2, -0.15) is 5.10 Å². The molecule has 1 aliphatic rings. The normalized spacial score (nSPS) is 17.0. The molecule has 28 heavy (non-hydrogen) atoms. The standard InChI is InChI=1S/C22H24N4O2/c1-28-19-10-5-7-16(13-19)21-17(14-25-12-6-11-20(25)22(23)27)15-26(24-21)18-8-3-2-4-9-18/h2-5,7-10,13,15,20H,6,11-12,14H2,1H3,(H2,23,27)/t20-/m0/s1. The van der Waals surface area contributed by atoms with Gasteiger partial charge in [-0.15, -0.1) is 0 Å². The predicted octanol–water partition coefficient (Wildman–Crippen LogP) is 3.00. The van der Waals surface area contributed by atoms with Crippen LogP contribution in [0, 0.1) is 0 Å². The molecule has 1 atom stereocenters. The van der Waals surface area contributed by atoms with Gasteiger partial charge in [-0.3, -0.25) is 9.69 Å². The molecule has 0 radical (unpaired) electrons. The smallest absolute Gasteiger partial charge is 0.234 e. The highest BCUT2D eigenvalue weighted by Crippen LogP contribution is 2.29. The number of methoxy groups -OCH3 is 1. The number of nitrogens with zero attached hydrogens (tertiary/aromatic N) is 3. The average molecular weight is 376 g/mol. The monoisotopic (exact) mass is 376 g/mol. The highest BCUT2D eigenvalue weighted by atomic mass is 16.5. The summed E-state index contributed by atoms with van der Waals surface area (Å²) < 4.78 is 7.27. The predicted molar refractivity (Wildman–Crippen MR) is 108 cm³/mol. The molecular weight excluding hydrogens is 352 g/mol. The van der Waals surface area contributed by atoms with E-state index in [1.54, 1.807) is 7.11 Å². The number of ether oxygens (including phenoxy) is 1. The molecule has 0 aliphatic carbocycles. The molecule has 1 aromatic heterocycles. The minimum atomic E-state index is -0.254. The largest absolute Gasteiger partial charge is 0.497 e. The van der Waals surface area contributed by atoms with E-state index in [-0.39, 0.29) is 11.9 Å². The van der Waals surface area contributed by atoms with E-state index in [4.69, 9.17) is 15.6 Å². The van der Waals surface area contributed by atoms with Crippen LogP contribution in [0.1, 0.15) is 18.4 Å². The van der Waals surface area contributed by atoms with Crippen molar-refractivity contribution in [1.29, 1.82) is 0 Å². The molecule has 2 aromatic carbocycles. The van der Waals surface area contributed by atoms with E-state index in [0.717, 1.165) is 47.6 Å². The first-order valence-corrected chi connectivity index (χ1v) is 9.47. The summed E-state index contributed by atoms with van der Waals surface area (Å²) in [4.78, 5) is 14.0. The van der Waals surface area contributed by atoms with Gasteiger partial charge in [-0.1, -0.05) is 30.3 Å². The summed E-state index contributed by atoms with van der Waals surface area (Å²) in [5.41, 5.74) is 9.53. The number of carbonyl (C=O) groups excluding carboxylic acids is 1. The molecule has 0 spiro atoms. The number of likely N-dealkylation sites (tertiary alicyclic amines) is 1. The lowest BCUT2D eigenvalue weighted by molar-refractivity contribution is -0.122. The van der Waals surface area contributed by atoms with Gasteiger partial charge in [-0.25, -0.2) is 4.68 Å². The van der Waals surface area contributed by atoms with E-state index in [0.29, 0.717) is 6.54 Å². The van der Waals surface area contributed by atoms with Gasteiger partial charge in [0.1, 0.15) is 5.75 Å². The maximum atomic E-state index is 11.8. The number of rotatable bonds is 6. The van der Waals surface area contributed by atoms with Crippen molar-refractivity contribution in [2.75, 3.05) is 13.7 Å². The molecule has 3 aromatic rings. The molecule has 0 bridgehead atoms. The van der Waals surface area contributed by atoms with Gasteiger partial charge in [0, 0.05) is 23.9 Å². The van der Waals surface area contributed by atoms with E-state index >= 15 is 0 Å². The van der Waals surface area contributed by atoms with Crippen molar-refractivity contribution in [1.82, 2.24) is 14.7 Å². The Morgan fingerprint density at radius 2 is 2.04 bits per heavy atom. The maximum absolute atomic E-state index is 11.8. The van der Waals surface area contributed by atoms with Crippen LogP contribution in [0.2, 0.25) is 0 Å². The van der Waals surface area contributed by atoms with Crippen molar-refractivity contribution in [2.24, 2.45) is 5.73 Å². The molecule has 144 valence electrons. The van der Waals surface area contributed by atoms with Crippen LogP contribution in [0.5, 0.6) is 5.75 Å². The first-order valence-electron chi connectivity index (χ1n) is 9.47. The third kappa shape index (κ3) is 3.64. The van der Waals surface area contributed by atoms with Gasteiger partial charge in [0.15, 0.2) is 0 Å². The van der Waals surface area contributed by atoms with Crippen molar-refractivity contribution in [3.8, 4) is 22.7 Å².